The molecule has 0 amide bonds. The van der Waals surface area contributed by atoms with Crippen LogP contribution in [0.3, 0.4) is 0 Å². The van der Waals surface area contributed by atoms with Gasteiger partial charge < -0.3 is 10.4 Å². The summed E-state index contributed by atoms with van der Waals surface area (Å²) in [6.45, 7) is 0.965. The highest BCUT2D eigenvalue weighted by atomic mass is 32.2. The molecular weight excluding hydrogens is 338 g/mol. The standard InChI is InChI=1S/C17H19N5O2S/c23-10-12-25(24)11-9-20-16-13-3-1-2-4-14(13)21-17(22-16)15-5-6-18-7-8-19-15/h1-6,8,23H,7,9-12H2,(H,20,21,22). The first-order chi connectivity index (χ1) is 12.3. The van der Waals surface area contributed by atoms with Crippen molar-refractivity contribution in [2.75, 3.05) is 36.5 Å². The number of aromatic nitrogens is 2. The number of nitrogens with zero attached hydrogens (tertiary/aromatic N) is 4. The Balaban J connectivity index is 1.89. The molecule has 0 spiro atoms. The molecular formula is C17H19N5O2S. The molecule has 0 aliphatic carbocycles. The highest BCUT2D eigenvalue weighted by Crippen LogP contribution is 2.23. The summed E-state index contributed by atoms with van der Waals surface area (Å²) in [5.41, 5.74) is 1.46. The van der Waals surface area contributed by atoms with Crippen molar-refractivity contribution < 1.29 is 9.32 Å². The Morgan fingerprint density at radius 3 is 2.96 bits per heavy atom. The lowest BCUT2D eigenvalue weighted by Crippen LogP contribution is -2.15. The summed E-state index contributed by atoms with van der Waals surface area (Å²) in [5.74, 6) is 1.93. The van der Waals surface area contributed by atoms with Crippen molar-refractivity contribution in [3.05, 3.63) is 36.2 Å². The van der Waals surface area contributed by atoms with Crippen LogP contribution in [-0.2, 0) is 10.8 Å². The number of benzene rings is 1. The van der Waals surface area contributed by atoms with Gasteiger partial charge in [0.2, 0.25) is 0 Å². The van der Waals surface area contributed by atoms with Crippen LogP contribution in [0.4, 0.5) is 5.82 Å². The number of aliphatic hydroxyl groups excluding tert-OH is 1. The monoisotopic (exact) mass is 357 g/mol. The zero-order chi connectivity index (χ0) is 17.5. The third kappa shape index (κ3) is 4.55. The van der Waals surface area contributed by atoms with Gasteiger partial charge in [-0.1, -0.05) is 12.1 Å². The second kappa shape index (κ2) is 8.59. The molecule has 0 saturated carbocycles. The molecule has 3 rings (SSSR count). The summed E-state index contributed by atoms with van der Waals surface area (Å²) in [4.78, 5) is 17.7. The molecule has 0 radical (unpaired) electrons. The van der Waals surface area contributed by atoms with Gasteiger partial charge in [0, 0.05) is 46.7 Å². The summed E-state index contributed by atoms with van der Waals surface area (Å²) in [6, 6.07) is 7.71. The fraction of sp³-hybridized carbons (Fsp3) is 0.294. The predicted octanol–water partition coefficient (Wildman–Crippen LogP) is 1.28. The van der Waals surface area contributed by atoms with Crippen LogP contribution in [0.2, 0.25) is 0 Å². The van der Waals surface area contributed by atoms with E-state index >= 15 is 0 Å². The zero-order valence-electron chi connectivity index (χ0n) is 13.6. The molecule has 1 unspecified atom stereocenters. The number of aliphatic imine (C=N–C) groups is 2. The van der Waals surface area contributed by atoms with Crippen LogP contribution in [0.5, 0.6) is 0 Å². The summed E-state index contributed by atoms with van der Waals surface area (Å²) in [5, 5.41) is 13.0. The van der Waals surface area contributed by atoms with E-state index in [2.05, 4.69) is 25.3 Å². The van der Waals surface area contributed by atoms with Gasteiger partial charge in [-0.05, 0) is 18.2 Å². The van der Waals surface area contributed by atoms with Crippen LogP contribution >= 0.6 is 0 Å². The summed E-state index contributed by atoms with van der Waals surface area (Å²) in [6.07, 6.45) is 5.21. The van der Waals surface area contributed by atoms with E-state index in [9.17, 15) is 4.21 Å². The van der Waals surface area contributed by atoms with Gasteiger partial charge in [-0.3, -0.25) is 14.2 Å². The third-order valence-corrected chi connectivity index (χ3v) is 4.83. The molecule has 2 aromatic rings. The molecule has 1 aliphatic heterocycles. The van der Waals surface area contributed by atoms with Crippen LogP contribution in [0, 0.1) is 0 Å². The molecule has 1 aliphatic rings. The third-order valence-electron chi connectivity index (χ3n) is 3.53. The average molecular weight is 357 g/mol. The van der Waals surface area contributed by atoms with E-state index in [0.717, 1.165) is 10.9 Å². The Morgan fingerprint density at radius 1 is 1.20 bits per heavy atom. The van der Waals surface area contributed by atoms with Crippen LogP contribution in [-0.4, -0.2) is 62.9 Å². The molecule has 1 atom stereocenters. The van der Waals surface area contributed by atoms with Crippen molar-refractivity contribution in [1.82, 2.24) is 9.97 Å². The van der Waals surface area contributed by atoms with Crippen molar-refractivity contribution in [3.63, 3.8) is 0 Å². The lowest BCUT2D eigenvalue weighted by molar-refractivity contribution is 0.321. The van der Waals surface area contributed by atoms with Crippen molar-refractivity contribution in [1.29, 1.82) is 0 Å². The minimum absolute atomic E-state index is 0.0685. The molecule has 0 saturated heterocycles. The van der Waals surface area contributed by atoms with E-state index < -0.39 is 10.8 Å². The first-order valence-corrected chi connectivity index (χ1v) is 9.46. The maximum Gasteiger partial charge on any atom is 0.180 e. The predicted molar refractivity (Wildman–Crippen MR) is 103 cm³/mol. The van der Waals surface area contributed by atoms with Crippen LogP contribution in [0.15, 0.2) is 40.3 Å². The maximum atomic E-state index is 11.7. The van der Waals surface area contributed by atoms with E-state index in [4.69, 9.17) is 5.11 Å². The lowest BCUT2D eigenvalue weighted by Gasteiger charge is -2.10. The molecule has 8 heteroatoms. The van der Waals surface area contributed by atoms with Crippen molar-refractivity contribution in [2.45, 2.75) is 0 Å². The molecule has 2 heterocycles. The van der Waals surface area contributed by atoms with Crippen molar-refractivity contribution in [2.24, 2.45) is 9.98 Å². The van der Waals surface area contributed by atoms with Crippen molar-refractivity contribution >= 4 is 45.6 Å². The first-order valence-electron chi connectivity index (χ1n) is 7.97. The molecule has 25 heavy (non-hydrogen) atoms. The number of rotatable bonds is 7. The van der Waals surface area contributed by atoms with E-state index in [0.29, 0.717) is 41.9 Å². The van der Waals surface area contributed by atoms with Gasteiger partial charge in [-0.2, -0.15) is 0 Å². The van der Waals surface area contributed by atoms with Gasteiger partial charge >= 0.3 is 0 Å². The SMILES string of the molecule is O=S(CCO)CCNc1nc(C2=CC=NCC=N2)nc2ccccc12. The van der Waals surface area contributed by atoms with E-state index in [1.807, 2.05) is 24.3 Å². The molecule has 1 aromatic heterocycles. The zero-order valence-corrected chi connectivity index (χ0v) is 14.4. The maximum absolute atomic E-state index is 11.7. The number of para-hydroxylation sites is 1. The summed E-state index contributed by atoms with van der Waals surface area (Å²) >= 11 is 0. The quantitative estimate of drug-likeness (QED) is 0.777. The normalized spacial score (nSPS) is 15.0. The minimum atomic E-state index is -1.05. The second-order valence-corrected chi connectivity index (χ2v) is 6.99. The number of nitrogens with one attached hydrogen (secondary N) is 1. The molecule has 0 bridgehead atoms. The summed E-state index contributed by atoms with van der Waals surface area (Å²) < 4.78 is 11.7. The highest BCUT2D eigenvalue weighted by Gasteiger charge is 2.11. The van der Waals surface area contributed by atoms with Crippen LogP contribution in [0.1, 0.15) is 5.82 Å². The Morgan fingerprint density at radius 2 is 2.08 bits per heavy atom. The van der Waals surface area contributed by atoms with Gasteiger partial charge in [0.1, 0.15) is 11.5 Å². The fourth-order valence-corrected chi connectivity index (χ4v) is 3.10. The summed E-state index contributed by atoms with van der Waals surface area (Å²) in [7, 11) is -1.05. The lowest BCUT2D eigenvalue weighted by atomic mass is 10.2. The van der Waals surface area contributed by atoms with Gasteiger partial charge in [0.25, 0.3) is 0 Å². The molecule has 1 aromatic carbocycles. The van der Waals surface area contributed by atoms with Crippen molar-refractivity contribution in [3.8, 4) is 0 Å². The molecule has 0 fully saturated rings. The molecule has 2 N–H and O–H groups in total. The number of fused-ring (bicyclic) bond motifs is 1. The fourth-order valence-electron chi connectivity index (χ4n) is 2.36. The second-order valence-electron chi connectivity index (χ2n) is 5.29. The van der Waals surface area contributed by atoms with E-state index in [-0.39, 0.29) is 6.61 Å². The Hall–Kier alpha value is -2.45. The molecule has 130 valence electrons. The van der Waals surface area contributed by atoms with E-state index in [1.54, 1.807) is 18.5 Å². The number of anilines is 1. The number of allylic oxidation sites excluding steroid dienone is 1. The number of hydrogen-bond donors (Lipinski definition) is 2. The topological polar surface area (TPSA) is 99.8 Å². The molecule has 7 nitrogen and oxygen atoms in total. The first kappa shape index (κ1) is 17.4. The highest BCUT2D eigenvalue weighted by molar-refractivity contribution is 7.85. The largest absolute Gasteiger partial charge is 0.395 e. The Kier molecular flexibility index (Phi) is 5.97. The Bertz CT molecular complexity index is 863. The van der Waals surface area contributed by atoms with Crippen LogP contribution in [0.25, 0.3) is 16.6 Å². The number of hydrogen-bond acceptors (Lipinski definition) is 7. The minimum Gasteiger partial charge on any atom is -0.395 e. The smallest absolute Gasteiger partial charge is 0.180 e. The van der Waals surface area contributed by atoms with Gasteiger partial charge in [0.05, 0.1) is 18.7 Å². The average Bonchev–Trinajstić information content (AvgIpc) is 2.91. The number of aliphatic hydroxyl groups is 1. The van der Waals surface area contributed by atoms with Gasteiger partial charge in [0.15, 0.2) is 5.82 Å². The van der Waals surface area contributed by atoms with Gasteiger partial charge in [-0.25, -0.2) is 9.97 Å². The van der Waals surface area contributed by atoms with Crippen LogP contribution < -0.4 is 5.32 Å². The van der Waals surface area contributed by atoms with E-state index in [1.165, 1.54) is 0 Å². The Labute approximate surface area is 148 Å². The van der Waals surface area contributed by atoms with Gasteiger partial charge in [-0.15, -0.1) is 0 Å².